The van der Waals surface area contributed by atoms with Gasteiger partial charge in [0.15, 0.2) is 0 Å². The Labute approximate surface area is 80.9 Å². The minimum Gasteiger partial charge on any atom is -0.488 e. The van der Waals surface area contributed by atoms with E-state index >= 15 is 0 Å². The highest BCUT2D eigenvalue weighted by molar-refractivity contribution is 5.50. The zero-order valence-corrected chi connectivity index (χ0v) is 7.46. The number of benzene rings is 1. The highest BCUT2D eigenvalue weighted by atomic mass is 16.5. The Hall–Kier alpha value is -1.46. The summed E-state index contributed by atoms with van der Waals surface area (Å²) < 4.78 is 5.08. The van der Waals surface area contributed by atoms with Crippen LogP contribution in [0.1, 0.15) is 0 Å². The van der Waals surface area contributed by atoms with Crippen LogP contribution < -0.4 is 4.74 Å². The maximum atomic E-state index is 10.3. The van der Waals surface area contributed by atoms with Gasteiger partial charge in [-0.2, -0.15) is 0 Å². The number of hydrogen-bond donors (Lipinski definition) is 2. The summed E-state index contributed by atoms with van der Waals surface area (Å²) in [6.45, 7) is -0.445. The third-order valence-corrected chi connectivity index (χ3v) is 1.61. The lowest BCUT2D eigenvalue weighted by molar-refractivity contribution is 0.0538. The molecule has 0 aliphatic carbocycles. The minimum atomic E-state index is -0.949. The van der Waals surface area contributed by atoms with Crippen LogP contribution in [0.3, 0.4) is 0 Å². The summed E-state index contributed by atoms with van der Waals surface area (Å²) in [5.41, 5.74) is 0.178. The summed E-state index contributed by atoms with van der Waals surface area (Å²) in [5, 5.41) is 20.3. The Morgan fingerprint density at radius 2 is 2.14 bits per heavy atom. The summed E-state index contributed by atoms with van der Waals surface area (Å²) in [5.74, 6) is 0.301. The van der Waals surface area contributed by atoms with Gasteiger partial charge in [-0.15, -0.1) is 4.91 Å². The minimum absolute atomic E-state index is 0.0664. The molecule has 2 N–H and O–H groups in total. The molecule has 5 heteroatoms. The molecule has 76 valence electrons. The van der Waals surface area contributed by atoms with Gasteiger partial charge < -0.3 is 14.9 Å². The fraction of sp³-hybridized carbons (Fsp3) is 0.333. The normalized spacial score (nSPS) is 12.1. The molecule has 0 saturated heterocycles. The maximum absolute atomic E-state index is 10.3. The van der Waals surface area contributed by atoms with Gasteiger partial charge in [-0.05, 0) is 17.3 Å². The van der Waals surface area contributed by atoms with Gasteiger partial charge in [0.1, 0.15) is 24.1 Å². The molecule has 1 aromatic rings. The van der Waals surface area contributed by atoms with Crippen LogP contribution in [-0.2, 0) is 0 Å². The van der Waals surface area contributed by atoms with E-state index in [9.17, 15) is 4.91 Å². The van der Waals surface area contributed by atoms with Crippen molar-refractivity contribution < 1.29 is 14.9 Å². The summed E-state index contributed by atoms with van der Waals surface area (Å²) in [4.78, 5) is 10.3. The molecule has 0 aliphatic heterocycles. The number of rotatable bonds is 5. The van der Waals surface area contributed by atoms with Gasteiger partial charge in [-0.1, -0.05) is 12.1 Å². The van der Waals surface area contributed by atoms with Crippen molar-refractivity contribution in [1.29, 1.82) is 0 Å². The monoisotopic (exact) mass is 197 g/mol. The molecule has 0 heterocycles. The van der Waals surface area contributed by atoms with Crippen LogP contribution in [0.2, 0.25) is 0 Å². The molecule has 1 atom stereocenters. The predicted molar refractivity (Wildman–Crippen MR) is 50.5 cm³/mol. The first-order valence-corrected chi connectivity index (χ1v) is 4.12. The van der Waals surface area contributed by atoms with Crippen LogP contribution in [0.15, 0.2) is 29.4 Å². The van der Waals surface area contributed by atoms with Crippen molar-refractivity contribution in [2.45, 2.75) is 6.10 Å². The highest BCUT2D eigenvalue weighted by Gasteiger charge is 2.06. The van der Waals surface area contributed by atoms with E-state index in [1.165, 1.54) is 6.07 Å². The van der Waals surface area contributed by atoms with Crippen molar-refractivity contribution in [3.63, 3.8) is 0 Å². The van der Waals surface area contributed by atoms with E-state index in [0.717, 1.165) is 0 Å². The maximum Gasteiger partial charge on any atom is 0.149 e. The fourth-order valence-corrected chi connectivity index (χ4v) is 0.893. The van der Waals surface area contributed by atoms with Gasteiger partial charge in [0.2, 0.25) is 0 Å². The first-order valence-electron chi connectivity index (χ1n) is 4.12. The third-order valence-electron chi connectivity index (χ3n) is 1.61. The SMILES string of the molecule is O=Nc1ccccc1OCC(O)CO. The highest BCUT2D eigenvalue weighted by Crippen LogP contribution is 2.26. The van der Waals surface area contributed by atoms with E-state index in [0.29, 0.717) is 5.75 Å². The van der Waals surface area contributed by atoms with E-state index in [2.05, 4.69) is 5.18 Å². The lowest BCUT2D eigenvalue weighted by Crippen LogP contribution is -2.21. The second kappa shape index (κ2) is 5.31. The Morgan fingerprint density at radius 1 is 1.43 bits per heavy atom. The van der Waals surface area contributed by atoms with Crippen molar-refractivity contribution in [2.24, 2.45) is 5.18 Å². The molecular weight excluding hydrogens is 186 g/mol. The molecule has 0 fully saturated rings. The fourth-order valence-electron chi connectivity index (χ4n) is 0.893. The Kier molecular flexibility index (Phi) is 4.03. The smallest absolute Gasteiger partial charge is 0.149 e. The van der Waals surface area contributed by atoms with Crippen LogP contribution in [-0.4, -0.2) is 29.5 Å². The van der Waals surface area contributed by atoms with E-state index < -0.39 is 6.10 Å². The topological polar surface area (TPSA) is 79.1 Å². The number of aliphatic hydroxyl groups is 2. The quantitative estimate of drug-likeness (QED) is 0.685. The van der Waals surface area contributed by atoms with E-state index in [-0.39, 0.29) is 18.9 Å². The average Bonchev–Trinajstić information content (AvgIpc) is 2.26. The summed E-state index contributed by atoms with van der Waals surface area (Å²) >= 11 is 0. The van der Waals surface area contributed by atoms with Gasteiger partial charge in [-0.25, -0.2) is 0 Å². The van der Waals surface area contributed by atoms with Gasteiger partial charge in [0.05, 0.1) is 6.61 Å². The standard InChI is InChI=1S/C9H11NO4/c11-5-7(12)6-14-9-4-2-1-3-8(9)10-13/h1-4,7,11-12H,5-6H2. The van der Waals surface area contributed by atoms with Crippen molar-refractivity contribution in [3.05, 3.63) is 29.2 Å². The molecule has 0 amide bonds. The van der Waals surface area contributed by atoms with Crippen LogP contribution in [0.5, 0.6) is 5.75 Å². The second-order valence-corrected chi connectivity index (χ2v) is 2.71. The molecule has 1 aromatic carbocycles. The van der Waals surface area contributed by atoms with Crippen molar-refractivity contribution in [1.82, 2.24) is 0 Å². The first-order chi connectivity index (χ1) is 6.77. The van der Waals surface area contributed by atoms with E-state index in [1.54, 1.807) is 18.2 Å². The third kappa shape index (κ3) is 2.79. The summed E-state index contributed by atoms with van der Waals surface area (Å²) in [6.07, 6.45) is -0.949. The number of hydrogen-bond acceptors (Lipinski definition) is 5. The zero-order valence-electron chi connectivity index (χ0n) is 7.46. The van der Waals surface area contributed by atoms with Gasteiger partial charge in [0, 0.05) is 0 Å². The Balaban J connectivity index is 2.61. The van der Waals surface area contributed by atoms with Crippen LogP contribution >= 0.6 is 0 Å². The largest absolute Gasteiger partial charge is 0.488 e. The zero-order chi connectivity index (χ0) is 10.4. The van der Waals surface area contributed by atoms with E-state index in [4.69, 9.17) is 14.9 Å². The second-order valence-electron chi connectivity index (χ2n) is 2.71. The lowest BCUT2D eigenvalue weighted by atomic mass is 10.3. The molecule has 0 bridgehead atoms. The molecule has 0 aliphatic rings. The number of aliphatic hydroxyl groups excluding tert-OH is 2. The lowest BCUT2D eigenvalue weighted by Gasteiger charge is -2.10. The molecule has 1 rings (SSSR count). The van der Waals surface area contributed by atoms with Crippen LogP contribution in [0, 0.1) is 4.91 Å². The number of nitroso groups, excluding NO2 is 1. The predicted octanol–water partition coefficient (Wildman–Crippen LogP) is 0.816. The van der Waals surface area contributed by atoms with Gasteiger partial charge >= 0.3 is 0 Å². The molecule has 0 radical (unpaired) electrons. The average molecular weight is 197 g/mol. The van der Waals surface area contributed by atoms with E-state index in [1.807, 2.05) is 0 Å². The number of ether oxygens (including phenoxy) is 1. The molecule has 0 aromatic heterocycles. The first kappa shape index (κ1) is 10.6. The van der Waals surface area contributed by atoms with Crippen molar-refractivity contribution >= 4 is 5.69 Å². The summed E-state index contributed by atoms with van der Waals surface area (Å²) in [7, 11) is 0. The van der Waals surface area contributed by atoms with Crippen molar-refractivity contribution in [3.8, 4) is 5.75 Å². The molecule has 14 heavy (non-hydrogen) atoms. The van der Waals surface area contributed by atoms with Crippen molar-refractivity contribution in [2.75, 3.05) is 13.2 Å². The van der Waals surface area contributed by atoms with Gasteiger partial charge in [0.25, 0.3) is 0 Å². The van der Waals surface area contributed by atoms with Crippen LogP contribution in [0.25, 0.3) is 0 Å². The molecule has 1 unspecified atom stereocenters. The molecule has 0 saturated carbocycles. The van der Waals surface area contributed by atoms with Gasteiger partial charge in [-0.3, -0.25) is 0 Å². The molecule has 0 spiro atoms. The Bertz CT molecular complexity index is 303. The summed E-state index contributed by atoms with van der Waals surface area (Å²) in [6, 6.07) is 6.43. The number of para-hydroxylation sites is 1. The van der Waals surface area contributed by atoms with Crippen LogP contribution in [0.4, 0.5) is 5.69 Å². The molecule has 5 nitrogen and oxygen atoms in total. The molecular formula is C9H11NO4. The number of nitrogens with zero attached hydrogens (tertiary/aromatic N) is 1. The Morgan fingerprint density at radius 3 is 2.79 bits per heavy atom.